The van der Waals surface area contributed by atoms with Crippen molar-refractivity contribution in [3.63, 3.8) is 0 Å². The molecule has 0 spiro atoms. The average Bonchev–Trinajstić information content (AvgIpc) is 2.72. The predicted molar refractivity (Wildman–Crippen MR) is 115 cm³/mol. The molecule has 0 unspecified atom stereocenters. The minimum absolute atomic E-state index is 0.0673. The van der Waals surface area contributed by atoms with E-state index in [9.17, 15) is 4.79 Å². The first-order valence-corrected chi connectivity index (χ1v) is 9.15. The van der Waals surface area contributed by atoms with Gasteiger partial charge in [0.1, 0.15) is 5.82 Å². The van der Waals surface area contributed by atoms with Gasteiger partial charge in [0, 0.05) is 35.4 Å². The number of aromatic nitrogens is 3. The zero-order valence-electron chi connectivity index (χ0n) is 15.5. The Hall–Kier alpha value is -3.71. The minimum Gasteiger partial charge on any atom is -0.329 e. The first kappa shape index (κ1) is 18.6. The van der Waals surface area contributed by atoms with Crippen molar-refractivity contribution < 1.29 is 0 Å². The average molecular weight is 405 g/mol. The zero-order chi connectivity index (χ0) is 20.5. The third-order valence-electron chi connectivity index (χ3n) is 4.69. The Labute approximate surface area is 170 Å². The summed E-state index contributed by atoms with van der Waals surface area (Å²) in [5.41, 5.74) is 2.94. The number of rotatable bonds is 4. The van der Waals surface area contributed by atoms with E-state index < -0.39 is 0 Å². The van der Waals surface area contributed by atoms with Crippen LogP contribution in [0.2, 0.25) is 5.02 Å². The van der Waals surface area contributed by atoms with Crippen LogP contribution in [0.5, 0.6) is 0 Å². The lowest BCUT2D eigenvalue weighted by molar-refractivity contribution is 0.915. The molecular formula is C21H17ClN6O. The third-order valence-corrected chi connectivity index (χ3v) is 4.92. The normalized spacial score (nSPS) is 10.8. The Kier molecular flexibility index (Phi) is 4.74. The van der Waals surface area contributed by atoms with E-state index in [4.69, 9.17) is 22.4 Å². The fourth-order valence-electron chi connectivity index (χ4n) is 3.25. The Balaban J connectivity index is 1.88. The molecule has 2 aromatic heterocycles. The molecule has 0 aliphatic carbocycles. The summed E-state index contributed by atoms with van der Waals surface area (Å²) in [6.07, 6.45) is 2.66. The van der Waals surface area contributed by atoms with E-state index in [0.717, 1.165) is 28.5 Å². The van der Waals surface area contributed by atoms with Crippen LogP contribution in [0.3, 0.4) is 0 Å². The molecule has 4 aromatic rings. The highest BCUT2D eigenvalue weighted by Crippen LogP contribution is 2.31. The molecule has 0 saturated carbocycles. The summed E-state index contributed by atoms with van der Waals surface area (Å²) in [6, 6.07) is 16.4. The number of benzene rings is 2. The monoisotopic (exact) mass is 404 g/mol. The molecule has 0 radical (unpaired) electrons. The van der Waals surface area contributed by atoms with Crippen molar-refractivity contribution >= 4 is 40.3 Å². The zero-order valence-corrected chi connectivity index (χ0v) is 16.2. The van der Waals surface area contributed by atoms with Crippen LogP contribution < -0.4 is 16.1 Å². The van der Waals surface area contributed by atoms with Crippen LogP contribution >= 0.6 is 11.6 Å². The molecule has 0 saturated heterocycles. The molecule has 8 heteroatoms. The predicted octanol–water partition coefficient (Wildman–Crippen LogP) is 3.75. The molecule has 2 heterocycles. The van der Waals surface area contributed by atoms with Crippen molar-refractivity contribution in [3.05, 3.63) is 81.8 Å². The highest BCUT2D eigenvalue weighted by Gasteiger charge is 2.14. The van der Waals surface area contributed by atoms with Gasteiger partial charge < -0.3 is 9.88 Å². The van der Waals surface area contributed by atoms with Crippen LogP contribution in [0.1, 0.15) is 0 Å². The number of nitrogens with one attached hydrogen (secondary N) is 3. The topological polar surface area (TPSA) is 102 Å². The summed E-state index contributed by atoms with van der Waals surface area (Å²) >= 11 is 6.14. The summed E-state index contributed by atoms with van der Waals surface area (Å²) in [7, 11) is 1.86. The SMILES string of the molecule is CN(c1cccc(-c2cc[nH]c(=O)c2)c1)c1nc(=N)n(C=N)c2cc(Cl)ccc12. The molecule has 144 valence electrons. The first-order valence-electron chi connectivity index (χ1n) is 8.78. The second-order valence-corrected chi connectivity index (χ2v) is 6.91. The van der Waals surface area contributed by atoms with Gasteiger partial charge in [-0.1, -0.05) is 23.7 Å². The molecule has 0 bridgehead atoms. The first-order chi connectivity index (χ1) is 14.0. The fourth-order valence-corrected chi connectivity index (χ4v) is 3.41. The number of aromatic amines is 1. The third kappa shape index (κ3) is 3.43. The van der Waals surface area contributed by atoms with Crippen LogP contribution in [-0.4, -0.2) is 27.9 Å². The number of fused-ring (bicyclic) bond motifs is 1. The molecular weight excluding hydrogens is 388 g/mol. The van der Waals surface area contributed by atoms with Crippen molar-refractivity contribution in [2.75, 3.05) is 11.9 Å². The largest absolute Gasteiger partial charge is 0.329 e. The maximum absolute atomic E-state index is 11.6. The van der Waals surface area contributed by atoms with E-state index in [1.807, 2.05) is 48.3 Å². The Morgan fingerprint density at radius 1 is 1.14 bits per heavy atom. The lowest BCUT2D eigenvalue weighted by atomic mass is 10.1. The molecule has 4 rings (SSSR count). The maximum Gasteiger partial charge on any atom is 0.248 e. The number of halogens is 1. The van der Waals surface area contributed by atoms with Gasteiger partial charge >= 0.3 is 0 Å². The van der Waals surface area contributed by atoms with E-state index in [1.165, 1.54) is 4.57 Å². The maximum atomic E-state index is 11.6. The smallest absolute Gasteiger partial charge is 0.248 e. The molecule has 0 fully saturated rings. The van der Waals surface area contributed by atoms with Gasteiger partial charge in [0.05, 0.1) is 11.9 Å². The summed E-state index contributed by atoms with van der Waals surface area (Å²) < 4.78 is 1.37. The molecule has 0 aliphatic rings. The van der Waals surface area contributed by atoms with Gasteiger partial charge in [0.15, 0.2) is 0 Å². The highest BCUT2D eigenvalue weighted by molar-refractivity contribution is 6.31. The van der Waals surface area contributed by atoms with E-state index in [1.54, 1.807) is 24.4 Å². The highest BCUT2D eigenvalue weighted by atomic mass is 35.5. The van der Waals surface area contributed by atoms with E-state index in [0.29, 0.717) is 16.4 Å². The van der Waals surface area contributed by atoms with E-state index >= 15 is 0 Å². The number of nitrogens with zero attached hydrogens (tertiary/aromatic N) is 3. The molecule has 2 aromatic carbocycles. The summed E-state index contributed by atoms with van der Waals surface area (Å²) in [4.78, 5) is 20.5. The van der Waals surface area contributed by atoms with Crippen LogP contribution in [0.25, 0.3) is 22.0 Å². The molecule has 7 nitrogen and oxygen atoms in total. The molecule has 0 aliphatic heterocycles. The van der Waals surface area contributed by atoms with Crippen molar-refractivity contribution in [2.45, 2.75) is 0 Å². The van der Waals surface area contributed by atoms with Crippen molar-refractivity contribution in [1.29, 1.82) is 10.8 Å². The quantitative estimate of drug-likeness (QED) is 0.356. The van der Waals surface area contributed by atoms with Gasteiger partial charge in [-0.3, -0.25) is 20.2 Å². The van der Waals surface area contributed by atoms with Gasteiger partial charge in [-0.25, -0.2) is 0 Å². The second kappa shape index (κ2) is 7.37. The molecule has 3 N–H and O–H groups in total. The molecule has 0 amide bonds. The standard InChI is InChI=1S/C21H17ClN6O/c1-27(16-4-2-3-13(9-16)14-7-8-25-19(29)10-14)20-17-6-5-15(22)11-18(17)28(12-23)21(24)26-20/h2-12,23-24H,1H3,(H,25,29). The van der Waals surface area contributed by atoms with Crippen molar-refractivity contribution in [1.82, 2.24) is 14.5 Å². The van der Waals surface area contributed by atoms with Gasteiger partial charge in [-0.05, 0) is 47.5 Å². The summed E-state index contributed by atoms with van der Waals surface area (Å²) in [6.45, 7) is 0. The number of anilines is 2. The number of hydrogen-bond donors (Lipinski definition) is 3. The van der Waals surface area contributed by atoms with Crippen LogP contribution in [0.4, 0.5) is 11.5 Å². The number of hydrogen-bond acceptors (Lipinski definition) is 5. The van der Waals surface area contributed by atoms with E-state index in [-0.39, 0.29) is 11.2 Å². The van der Waals surface area contributed by atoms with Crippen LogP contribution in [0, 0.1) is 10.8 Å². The van der Waals surface area contributed by atoms with E-state index in [2.05, 4.69) is 9.97 Å². The number of H-pyrrole nitrogens is 1. The summed E-state index contributed by atoms with van der Waals surface area (Å²) in [5.74, 6) is 0.572. The lowest BCUT2D eigenvalue weighted by Crippen LogP contribution is -2.26. The summed E-state index contributed by atoms with van der Waals surface area (Å²) in [5, 5.41) is 17.1. The van der Waals surface area contributed by atoms with Gasteiger partial charge in [0.2, 0.25) is 11.2 Å². The van der Waals surface area contributed by atoms with Gasteiger partial charge in [0.25, 0.3) is 0 Å². The van der Waals surface area contributed by atoms with Gasteiger partial charge in [-0.2, -0.15) is 4.98 Å². The minimum atomic E-state index is -0.163. The molecule has 0 atom stereocenters. The van der Waals surface area contributed by atoms with Crippen molar-refractivity contribution in [3.8, 4) is 11.1 Å². The lowest BCUT2D eigenvalue weighted by Gasteiger charge is -2.22. The Morgan fingerprint density at radius 3 is 2.69 bits per heavy atom. The molecule has 29 heavy (non-hydrogen) atoms. The number of pyridine rings is 1. The Bertz CT molecular complexity index is 1360. The second-order valence-electron chi connectivity index (χ2n) is 6.47. The van der Waals surface area contributed by atoms with Crippen LogP contribution in [0.15, 0.2) is 65.6 Å². The fraction of sp³-hybridized carbons (Fsp3) is 0.0476. The van der Waals surface area contributed by atoms with Crippen LogP contribution in [-0.2, 0) is 0 Å². The Morgan fingerprint density at radius 2 is 1.93 bits per heavy atom. The van der Waals surface area contributed by atoms with Crippen molar-refractivity contribution in [2.24, 2.45) is 0 Å². The van der Waals surface area contributed by atoms with Gasteiger partial charge in [-0.15, -0.1) is 0 Å².